The molecule has 12 aliphatic rings. The van der Waals surface area contributed by atoms with Gasteiger partial charge in [-0.15, -0.1) is 0 Å². The summed E-state index contributed by atoms with van der Waals surface area (Å²) in [6.07, 6.45) is 8.61. The molecule has 12 aromatic rings. The molecule has 8 nitrogen and oxygen atoms in total. The normalized spacial score (nSPS) is 22.6. The van der Waals surface area contributed by atoms with E-state index < -0.39 is 96.2 Å². The van der Waals surface area contributed by atoms with Crippen molar-refractivity contribution in [3.05, 3.63) is 362 Å². The molecule has 24 rings (SSSR count). The Kier molecular flexibility index (Phi) is 36.7. The highest BCUT2D eigenvalue weighted by Crippen LogP contribution is 2.63. The molecule has 0 spiro atoms. The molecule has 0 aromatic heterocycles. The number of hydrogen-bond donors (Lipinski definition) is 0. The van der Waals surface area contributed by atoms with E-state index in [1.165, 1.54) is 94.7 Å². The molecule has 12 bridgehead atoms. The number of aryl methyl sites for hydroxylation is 3. The minimum absolute atomic E-state index is 0.0146. The van der Waals surface area contributed by atoms with E-state index in [-0.39, 0.29) is 119 Å². The fraction of sp³-hybridized carbons (Fsp3) is 0.379. The third kappa shape index (κ3) is 27.8. The third-order valence-corrected chi connectivity index (χ3v) is 38.9. The molecule has 0 N–H and O–H groups in total. The number of ketones is 2. The number of carbonyl (C=O) groups excluding carboxylic acids is 5. The first-order valence-electron chi connectivity index (χ1n) is 51.2. The molecule has 0 amide bonds. The lowest BCUT2D eigenvalue weighted by Gasteiger charge is -2.55. The van der Waals surface area contributed by atoms with Crippen molar-refractivity contribution in [2.45, 2.75) is 264 Å². The van der Waals surface area contributed by atoms with E-state index in [4.69, 9.17) is 14.2 Å². The van der Waals surface area contributed by atoms with Crippen LogP contribution in [0.25, 0.3) is 0 Å². The molecule has 778 valence electrons. The zero-order valence-electron chi connectivity index (χ0n) is 84.3. The van der Waals surface area contributed by atoms with E-state index >= 15 is 0 Å². The molecule has 4 atom stereocenters. The van der Waals surface area contributed by atoms with Gasteiger partial charge < -0.3 is 14.2 Å². The molecule has 0 radical (unpaired) electrons. The van der Waals surface area contributed by atoms with Crippen LogP contribution in [-0.2, 0) is 81.8 Å². The van der Waals surface area contributed by atoms with Crippen LogP contribution < -0.4 is 0 Å². The van der Waals surface area contributed by atoms with Crippen LogP contribution in [0, 0.1) is 90.3 Å². The maximum atomic E-state index is 13.2. The Morgan fingerprint density at radius 1 is 0.243 bits per heavy atom. The van der Waals surface area contributed by atoms with Crippen LogP contribution in [0.15, 0.2) is 405 Å². The topological polar surface area (TPSA) is 113 Å². The smallest absolute Gasteiger partial charge is 0.313 e. The number of hydrogen-bond acceptors (Lipinski definition) is 8. The van der Waals surface area contributed by atoms with Gasteiger partial charge in [-0.2, -0.15) is 26.3 Å². The number of carbonyl (C=O) groups is 5. The van der Waals surface area contributed by atoms with Gasteiger partial charge in [0.1, 0.15) is 11.6 Å². The Hall–Kier alpha value is -11.1. The van der Waals surface area contributed by atoms with Crippen LogP contribution >= 0.6 is 0 Å². The van der Waals surface area contributed by atoms with Crippen molar-refractivity contribution in [3.8, 4) is 0 Å². The van der Waals surface area contributed by atoms with Crippen molar-refractivity contribution in [1.82, 2.24) is 0 Å². The minimum Gasteiger partial charge on any atom is -0.465 e. The van der Waals surface area contributed by atoms with Gasteiger partial charge in [-0.05, 0) is 305 Å². The van der Waals surface area contributed by atoms with Crippen molar-refractivity contribution in [2.75, 3.05) is 19.8 Å². The largest absolute Gasteiger partial charge is 0.465 e. The molecule has 12 aromatic carbocycles. The van der Waals surface area contributed by atoms with Crippen LogP contribution in [0.1, 0.15) is 166 Å². The number of alkyl halides is 12. The molecular formula is C124H130F12O8S4+4. The summed E-state index contributed by atoms with van der Waals surface area (Å²) in [5, 5.41) is 0. The lowest BCUT2D eigenvalue weighted by atomic mass is 9.49. The van der Waals surface area contributed by atoms with Crippen molar-refractivity contribution < 1.29 is 90.9 Å². The molecule has 0 aliphatic heterocycles. The van der Waals surface area contributed by atoms with Crippen LogP contribution in [0.4, 0.5) is 52.7 Å². The summed E-state index contributed by atoms with van der Waals surface area (Å²) in [6.45, 7) is 5.27. The molecule has 0 heterocycles. The summed E-state index contributed by atoms with van der Waals surface area (Å²) in [4.78, 5) is 77.7. The Balaban J connectivity index is 0.000000129. The SMILES string of the molecule is CC(F)(F)C(F)(F)CCCOC(=O)C12CC3CC(CC(C3)C1)C2.CC(F)(F)C(F)(F)CCOC(=O)C12CC3CC(C1)C(=O)C(C3)C2.CC(F)(F)C(F)(F)CCOC(=O)C12CC3CC(C1)C(=O)C(C3)C2.Cc1ccc([S+](c2ccc(C)cc2)c2ccc(C)cc2)cc1.c1ccc([S+](c2ccccc2)c2ccccc2)cc1.c1ccc([S+](c2ccccc2)c2ccccc2)cc1.c1ccc([S+](c2ccccc2)c2ccccc2)cc1. The fourth-order valence-electron chi connectivity index (χ4n) is 23.1. The predicted octanol–water partition coefficient (Wildman–Crippen LogP) is 32.1. The average molecular weight is 2100 g/mol. The van der Waals surface area contributed by atoms with Crippen LogP contribution in [0.3, 0.4) is 0 Å². The third-order valence-electron chi connectivity index (χ3n) is 30.0. The number of ether oxygens (including phenoxy) is 3. The first kappa shape index (κ1) is 111. The van der Waals surface area contributed by atoms with Gasteiger partial charge in [-0.3, -0.25) is 24.0 Å². The van der Waals surface area contributed by atoms with E-state index in [0.717, 1.165) is 44.9 Å². The molecule has 12 aliphatic carbocycles. The fourth-order valence-corrected chi connectivity index (χ4v) is 31.5. The highest BCUT2D eigenvalue weighted by Gasteiger charge is 2.63. The van der Waals surface area contributed by atoms with Gasteiger partial charge in [-0.1, -0.05) is 217 Å². The number of halogens is 12. The van der Waals surface area contributed by atoms with Crippen molar-refractivity contribution in [3.63, 3.8) is 0 Å². The van der Waals surface area contributed by atoms with E-state index in [0.29, 0.717) is 68.1 Å². The van der Waals surface area contributed by atoms with Gasteiger partial charge in [-0.25, -0.2) is 26.3 Å². The highest BCUT2D eigenvalue weighted by molar-refractivity contribution is 7.98. The van der Waals surface area contributed by atoms with E-state index in [1.807, 2.05) is 0 Å². The molecule has 12 fully saturated rings. The first-order chi connectivity index (χ1) is 70.7. The quantitative estimate of drug-likeness (QED) is 0.0157. The van der Waals surface area contributed by atoms with Crippen molar-refractivity contribution in [2.24, 2.45) is 69.5 Å². The second-order valence-electron chi connectivity index (χ2n) is 41.5. The lowest BCUT2D eigenvalue weighted by Crippen LogP contribution is -2.55. The molecule has 0 saturated heterocycles. The minimum atomic E-state index is -4.20. The van der Waals surface area contributed by atoms with E-state index in [2.05, 4.69) is 367 Å². The molecule has 24 heteroatoms. The van der Waals surface area contributed by atoms with Crippen LogP contribution in [0.2, 0.25) is 0 Å². The summed E-state index contributed by atoms with van der Waals surface area (Å²) in [5.41, 5.74) is 1.95. The molecular weight excluding hydrogens is 1970 g/mol. The van der Waals surface area contributed by atoms with E-state index in [9.17, 15) is 76.7 Å². The number of esters is 3. The van der Waals surface area contributed by atoms with Crippen molar-refractivity contribution >= 4 is 73.1 Å². The number of benzene rings is 12. The van der Waals surface area contributed by atoms with Crippen LogP contribution in [0.5, 0.6) is 0 Å². The van der Waals surface area contributed by atoms with Gasteiger partial charge in [0.15, 0.2) is 58.7 Å². The molecule has 4 unspecified atom stereocenters. The van der Waals surface area contributed by atoms with Gasteiger partial charge in [0.05, 0.1) is 92.5 Å². The first-order valence-corrected chi connectivity index (χ1v) is 56.1. The van der Waals surface area contributed by atoms with Gasteiger partial charge in [0, 0.05) is 50.9 Å². The standard InChI is InChI=1S/C21H21S.3C18H15S.C17H24F4O2.2C16H20F4O3/c1-16-4-10-19(11-5-16)22(20-12-6-17(2)7-13-20)21-14-8-18(3)9-15-21;3*1-4-10-16(11-5-1)19(17-12-6-2-7-13-17)18-14-8-3-9-15-18;1-15(18,19)17(20,21)3-2-4-23-14(22)16-8-11-5-12(9-16)7-13(6-11)10-16;2*1-14(17,18)16(19,20)2-3-23-13(22)15-6-9-4-10(7-15)12(21)11(5-9)8-15/h4-15H,1-3H3;3*1-15H;11-13H,2-10H2,1H3;2*9-11H,2-8H2,1H3/q4*+1;;;. The van der Waals surface area contributed by atoms with Gasteiger partial charge >= 0.3 is 53.4 Å². The number of Topliss-reactive ketones (excluding diaryl/α,β-unsaturated/α-hetero) is 2. The predicted molar refractivity (Wildman–Crippen MR) is 561 cm³/mol. The molecule has 12 saturated carbocycles. The summed E-state index contributed by atoms with van der Waals surface area (Å²) >= 11 is 0. The van der Waals surface area contributed by atoms with E-state index in [1.54, 1.807) is 0 Å². The summed E-state index contributed by atoms with van der Waals surface area (Å²) in [7, 11) is -0.0833. The second-order valence-corrected chi connectivity index (χ2v) is 49.6. The maximum absolute atomic E-state index is 13.2. The Labute approximate surface area is 874 Å². The summed E-state index contributed by atoms with van der Waals surface area (Å²) in [6, 6.07) is 123. The second kappa shape index (κ2) is 48.9. The highest BCUT2D eigenvalue weighted by atomic mass is 32.2. The van der Waals surface area contributed by atoms with Gasteiger partial charge in [0.2, 0.25) is 0 Å². The van der Waals surface area contributed by atoms with Crippen molar-refractivity contribution in [1.29, 1.82) is 0 Å². The van der Waals surface area contributed by atoms with Crippen LogP contribution in [-0.4, -0.2) is 84.8 Å². The Morgan fingerprint density at radius 2 is 0.412 bits per heavy atom. The monoisotopic (exact) mass is 2100 g/mol. The van der Waals surface area contributed by atoms with Gasteiger partial charge in [0.25, 0.3) is 0 Å². The average Bonchev–Trinajstić information content (AvgIpc) is 0.725. The summed E-state index contributed by atoms with van der Waals surface area (Å²) in [5.74, 6) is -24.0. The zero-order valence-corrected chi connectivity index (χ0v) is 87.6. The Morgan fingerprint density at radius 3 is 0.608 bits per heavy atom. The molecule has 148 heavy (non-hydrogen) atoms. The summed E-state index contributed by atoms with van der Waals surface area (Å²) < 4.78 is 171. The zero-order chi connectivity index (χ0) is 105. The number of rotatable bonds is 28. The maximum Gasteiger partial charge on any atom is 0.313 e. The Bertz CT molecular complexity index is 5440. The lowest BCUT2D eigenvalue weighted by molar-refractivity contribution is -0.209.